The van der Waals surface area contributed by atoms with Gasteiger partial charge in [0.25, 0.3) is 0 Å². The lowest BCUT2D eigenvalue weighted by atomic mass is 9.43. The second-order valence-electron chi connectivity index (χ2n) is 9.06. The molecule has 0 amide bonds. The SMILES string of the molecule is CC[C@@]12CCC(=O)C[C@@]13CCN(CC1CC1)[C@@H]2Cc1ccc(O)cc13. The Morgan fingerprint density at radius 3 is 2.88 bits per heavy atom. The van der Waals surface area contributed by atoms with Crippen molar-refractivity contribution in [3.63, 3.8) is 0 Å². The first-order valence-electron chi connectivity index (χ1n) is 10.2. The number of carbonyl (C=O) groups is 1. The van der Waals surface area contributed by atoms with E-state index in [1.807, 2.05) is 12.1 Å². The average Bonchev–Trinajstić information content (AvgIpc) is 3.42. The summed E-state index contributed by atoms with van der Waals surface area (Å²) in [4.78, 5) is 15.3. The number of hydrogen-bond donors (Lipinski definition) is 1. The van der Waals surface area contributed by atoms with E-state index in [0.29, 0.717) is 24.0 Å². The van der Waals surface area contributed by atoms with Crippen LogP contribution < -0.4 is 0 Å². The van der Waals surface area contributed by atoms with Gasteiger partial charge < -0.3 is 5.11 Å². The summed E-state index contributed by atoms with van der Waals surface area (Å²) >= 11 is 0. The fourth-order valence-electron chi connectivity index (χ4n) is 6.69. The molecule has 2 bridgehead atoms. The quantitative estimate of drug-likeness (QED) is 0.910. The molecular formula is C22H29NO2. The zero-order valence-electron chi connectivity index (χ0n) is 15.3. The molecule has 0 spiro atoms. The van der Waals surface area contributed by atoms with Crippen molar-refractivity contribution in [3.05, 3.63) is 29.3 Å². The van der Waals surface area contributed by atoms with Crippen molar-refractivity contribution in [2.75, 3.05) is 13.1 Å². The standard InChI is InChI=1S/C22H29NO2/c1-2-21-8-7-18(25)13-22(21)9-10-23(14-15-3-4-15)20(21)11-16-5-6-17(24)12-19(16)22/h5-6,12,15,20,24H,2-4,7-11,13-14H2,1H3/t20-,21+,22-/m1/s1. The number of aromatic hydroxyl groups is 1. The third-order valence-electron chi connectivity index (χ3n) is 8.05. The summed E-state index contributed by atoms with van der Waals surface area (Å²) < 4.78 is 0. The van der Waals surface area contributed by atoms with E-state index in [2.05, 4.69) is 17.9 Å². The van der Waals surface area contributed by atoms with Crippen LogP contribution in [0.5, 0.6) is 5.75 Å². The third-order valence-corrected chi connectivity index (χ3v) is 8.05. The van der Waals surface area contributed by atoms with Gasteiger partial charge in [0, 0.05) is 30.8 Å². The minimum Gasteiger partial charge on any atom is -0.508 e. The molecule has 3 heteroatoms. The summed E-state index contributed by atoms with van der Waals surface area (Å²) in [7, 11) is 0. The maximum atomic E-state index is 12.6. The van der Waals surface area contributed by atoms with Gasteiger partial charge in [-0.1, -0.05) is 13.0 Å². The Morgan fingerprint density at radius 2 is 2.12 bits per heavy atom. The van der Waals surface area contributed by atoms with Crippen LogP contribution in [0.1, 0.15) is 63.0 Å². The molecule has 3 aliphatic carbocycles. The van der Waals surface area contributed by atoms with Crippen molar-refractivity contribution >= 4 is 5.78 Å². The number of piperidine rings is 1. The van der Waals surface area contributed by atoms with Crippen LogP contribution in [-0.2, 0) is 16.6 Å². The van der Waals surface area contributed by atoms with E-state index >= 15 is 0 Å². The molecule has 1 aliphatic heterocycles. The Balaban J connectivity index is 1.68. The molecule has 0 unspecified atom stereocenters. The van der Waals surface area contributed by atoms with Gasteiger partial charge in [-0.3, -0.25) is 9.69 Å². The molecule has 1 heterocycles. The molecular weight excluding hydrogens is 310 g/mol. The number of hydrogen-bond acceptors (Lipinski definition) is 3. The minimum absolute atomic E-state index is 0.0475. The zero-order chi connectivity index (χ0) is 17.2. The first kappa shape index (κ1) is 15.9. The average molecular weight is 339 g/mol. The van der Waals surface area contributed by atoms with Crippen molar-refractivity contribution in [1.29, 1.82) is 0 Å². The lowest BCUT2D eigenvalue weighted by Crippen LogP contribution is -2.68. The van der Waals surface area contributed by atoms with Crippen molar-refractivity contribution in [3.8, 4) is 5.75 Å². The maximum absolute atomic E-state index is 12.6. The van der Waals surface area contributed by atoms with Gasteiger partial charge in [0.2, 0.25) is 0 Å². The van der Waals surface area contributed by atoms with Crippen LogP contribution in [0, 0.1) is 11.3 Å². The molecule has 0 radical (unpaired) electrons. The Kier molecular flexibility index (Phi) is 3.38. The van der Waals surface area contributed by atoms with Gasteiger partial charge in [-0.25, -0.2) is 0 Å². The van der Waals surface area contributed by atoms with Gasteiger partial charge in [0.15, 0.2) is 0 Å². The zero-order valence-corrected chi connectivity index (χ0v) is 15.3. The smallest absolute Gasteiger partial charge is 0.133 e. The Hall–Kier alpha value is -1.35. The van der Waals surface area contributed by atoms with Gasteiger partial charge in [0.1, 0.15) is 11.5 Å². The summed E-state index contributed by atoms with van der Waals surface area (Å²) in [6.45, 7) is 4.71. The number of phenols is 1. The Labute approximate surface area is 150 Å². The van der Waals surface area contributed by atoms with Gasteiger partial charge in [-0.05, 0) is 79.7 Å². The van der Waals surface area contributed by atoms with Gasteiger partial charge in [-0.2, -0.15) is 0 Å². The molecule has 3 fully saturated rings. The number of Topliss-reactive ketones (excluding diaryl/α,β-unsaturated/α-hetero) is 1. The highest BCUT2D eigenvalue weighted by Crippen LogP contribution is 2.64. The molecule has 1 aromatic rings. The molecule has 25 heavy (non-hydrogen) atoms. The molecule has 1 aromatic carbocycles. The van der Waals surface area contributed by atoms with Crippen molar-refractivity contribution in [2.45, 2.75) is 69.7 Å². The van der Waals surface area contributed by atoms with E-state index in [-0.39, 0.29) is 10.8 Å². The summed E-state index contributed by atoms with van der Waals surface area (Å²) in [6, 6.07) is 6.51. The lowest BCUT2D eigenvalue weighted by molar-refractivity contribution is -0.140. The molecule has 3 atom stereocenters. The van der Waals surface area contributed by atoms with Crippen LogP contribution >= 0.6 is 0 Å². The van der Waals surface area contributed by atoms with E-state index < -0.39 is 0 Å². The first-order chi connectivity index (χ1) is 12.1. The van der Waals surface area contributed by atoms with E-state index in [0.717, 1.165) is 44.6 Å². The molecule has 2 saturated carbocycles. The number of ketones is 1. The molecule has 1 saturated heterocycles. The second-order valence-corrected chi connectivity index (χ2v) is 9.06. The fraction of sp³-hybridized carbons (Fsp3) is 0.682. The minimum atomic E-state index is -0.0475. The highest BCUT2D eigenvalue weighted by molar-refractivity contribution is 5.82. The number of nitrogens with zero attached hydrogens (tertiary/aromatic N) is 1. The number of fused-ring (bicyclic) bond motifs is 1. The monoisotopic (exact) mass is 339 g/mol. The number of benzene rings is 1. The molecule has 1 N–H and O–H groups in total. The van der Waals surface area contributed by atoms with Crippen LogP contribution in [-0.4, -0.2) is 34.9 Å². The number of carbonyl (C=O) groups excluding carboxylic acids is 1. The maximum Gasteiger partial charge on any atom is 0.133 e. The largest absolute Gasteiger partial charge is 0.508 e. The Morgan fingerprint density at radius 1 is 1.28 bits per heavy atom. The van der Waals surface area contributed by atoms with E-state index in [9.17, 15) is 9.90 Å². The molecule has 134 valence electrons. The van der Waals surface area contributed by atoms with E-state index in [1.54, 1.807) is 0 Å². The lowest BCUT2D eigenvalue weighted by Gasteiger charge is -2.66. The number of phenolic OH excluding ortho intramolecular Hbond substituents is 1. The molecule has 0 aromatic heterocycles. The van der Waals surface area contributed by atoms with E-state index in [4.69, 9.17) is 0 Å². The van der Waals surface area contributed by atoms with Crippen molar-refractivity contribution < 1.29 is 9.90 Å². The second kappa shape index (κ2) is 5.33. The molecule has 3 nitrogen and oxygen atoms in total. The summed E-state index contributed by atoms with van der Waals surface area (Å²) in [5.74, 6) is 1.69. The number of likely N-dealkylation sites (tertiary alicyclic amines) is 1. The van der Waals surface area contributed by atoms with Crippen LogP contribution in [0.4, 0.5) is 0 Å². The van der Waals surface area contributed by atoms with Crippen LogP contribution in [0.25, 0.3) is 0 Å². The Bertz CT molecular complexity index is 725. The highest BCUT2D eigenvalue weighted by atomic mass is 16.3. The predicted molar refractivity (Wildman–Crippen MR) is 97.8 cm³/mol. The van der Waals surface area contributed by atoms with Crippen molar-refractivity contribution in [1.82, 2.24) is 4.90 Å². The number of rotatable bonds is 3. The van der Waals surface area contributed by atoms with Gasteiger partial charge >= 0.3 is 0 Å². The highest BCUT2D eigenvalue weighted by Gasteiger charge is 2.64. The summed E-state index contributed by atoms with van der Waals surface area (Å²) in [5, 5.41) is 10.2. The normalized spacial score (nSPS) is 37.5. The summed E-state index contributed by atoms with van der Waals surface area (Å²) in [6.07, 6.45) is 8.57. The molecule has 4 aliphatic rings. The third kappa shape index (κ3) is 2.11. The van der Waals surface area contributed by atoms with Crippen molar-refractivity contribution in [2.24, 2.45) is 11.3 Å². The summed E-state index contributed by atoms with van der Waals surface area (Å²) in [5.41, 5.74) is 2.83. The van der Waals surface area contributed by atoms with Crippen LogP contribution in [0.2, 0.25) is 0 Å². The first-order valence-corrected chi connectivity index (χ1v) is 10.2. The predicted octanol–water partition coefficient (Wildman–Crippen LogP) is 3.82. The molecule has 5 rings (SSSR count). The van der Waals surface area contributed by atoms with Crippen LogP contribution in [0.3, 0.4) is 0 Å². The van der Waals surface area contributed by atoms with E-state index in [1.165, 1.54) is 30.5 Å². The fourth-order valence-corrected chi connectivity index (χ4v) is 6.69. The topological polar surface area (TPSA) is 40.5 Å². The van der Waals surface area contributed by atoms with Crippen LogP contribution in [0.15, 0.2) is 18.2 Å². The van der Waals surface area contributed by atoms with Gasteiger partial charge in [0.05, 0.1) is 0 Å². The van der Waals surface area contributed by atoms with Gasteiger partial charge in [-0.15, -0.1) is 0 Å².